The second-order valence-corrected chi connectivity index (χ2v) is 7.43. The Balaban J connectivity index is 1.54. The van der Waals surface area contributed by atoms with E-state index in [0.717, 1.165) is 10.4 Å². The van der Waals surface area contributed by atoms with Crippen LogP contribution in [0.1, 0.15) is 27.2 Å². The van der Waals surface area contributed by atoms with Crippen molar-refractivity contribution in [1.82, 2.24) is 5.32 Å². The third-order valence-corrected chi connectivity index (χ3v) is 5.37. The summed E-state index contributed by atoms with van der Waals surface area (Å²) in [4.78, 5) is 25.5. The first-order valence-electron chi connectivity index (χ1n) is 8.09. The van der Waals surface area contributed by atoms with Crippen molar-refractivity contribution in [2.45, 2.75) is 19.6 Å². The number of aliphatic hydroxyl groups excluding tert-OH is 1. The zero-order chi connectivity index (χ0) is 19.4. The molecule has 0 bridgehead atoms. The van der Waals surface area contributed by atoms with Gasteiger partial charge in [-0.1, -0.05) is 17.7 Å². The predicted octanol–water partition coefficient (Wildman–Crippen LogP) is 3.64. The maximum Gasteiger partial charge on any atom is 0.313 e. The fourth-order valence-electron chi connectivity index (χ4n) is 2.33. The Labute approximate surface area is 164 Å². The van der Waals surface area contributed by atoms with Gasteiger partial charge in [0.25, 0.3) is 0 Å². The van der Waals surface area contributed by atoms with Gasteiger partial charge < -0.3 is 20.2 Å². The van der Waals surface area contributed by atoms with Crippen LogP contribution < -0.4 is 10.6 Å². The Bertz CT molecular complexity index is 953. The van der Waals surface area contributed by atoms with Crippen LogP contribution in [0, 0.1) is 6.92 Å². The molecule has 0 radical (unpaired) electrons. The Morgan fingerprint density at radius 3 is 2.74 bits per heavy atom. The number of aryl methyl sites for hydroxylation is 1. The van der Waals surface area contributed by atoms with Crippen LogP contribution >= 0.6 is 22.9 Å². The zero-order valence-corrected chi connectivity index (χ0v) is 15.9. The number of hydrogen-bond acceptors (Lipinski definition) is 5. The van der Waals surface area contributed by atoms with Gasteiger partial charge in [0.05, 0.1) is 12.8 Å². The Hall–Kier alpha value is -2.61. The van der Waals surface area contributed by atoms with Gasteiger partial charge in [-0.25, -0.2) is 0 Å². The van der Waals surface area contributed by atoms with E-state index in [1.807, 2.05) is 6.92 Å². The fraction of sp³-hybridized carbons (Fsp3) is 0.158. The van der Waals surface area contributed by atoms with Gasteiger partial charge >= 0.3 is 11.8 Å². The molecular weight excluding hydrogens is 388 g/mol. The molecular formula is C19H17ClN2O4S. The van der Waals surface area contributed by atoms with Crippen LogP contribution in [-0.4, -0.2) is 16.9 Å². The first-order chi connectivity index (χ1) is 12.9. The molecule has 3 aromatic rings. The number of rotatable bonds is 5. The minimum Gasteiger partial charge on any atom is -0.466 e. The van der Waals surface area contributed by atoms with Gasteiger partial charge in [0.2, 0.25) is 0 Å². The summed E-state index contributed by atoms with van der Waals surface area (Å²) in [7, 11) is 0. The van der Waals surface area contributed by atoms with Crippen molar-refractivity contribution < 1.29 is 19.1 Å². The van der Waals surface area contributed by atoms with E-state index < -0.39 is 17.9 Å². The predicted molar refractivity (Wildman–Crippen MR) is 104 cm³/mol. The van der Waals surface area contributed by atoms with Gasteiger partial charge in [-0.2, -0.15) is 0 Å². The molecule has 27 heavy (non-hydrogen) atoms. The van der Waals surface area contributed by atoms with E-state index in [4.69, 9.17) is 16.0 Å². The van der Waals surface area contributed by atoms with Crippen molar-refractivity contribution in [1.29, 1.82) is 0 Å². The van der Waals surface area contributed by atoms with Gasteiger partial charge in [0.1, 0.15) is 11.9 Å². The van der Waals surface area contributed by atoms with Gasteiger partial charge in [0, 0.05) is 20.5 Å². The van der Waals surface area contributed by atoms with Crippen molar-refractivity contribution in [3.63, 3.8) is 0 Å². The summed E-state index contributed by atoms with van der Waals surface area (Å²) < 4.78 is 5.19. The lowest BCUT2D eigenvalue weighted by atomic mass is 10.2. The molecule has 6 nitrogen and oxygen atoms in total. The van der Waals surface area contributed by atoms with E-state index in [1.165, 1.54) is 17.6 Å². The molecule has 8 heteroatoms. The van der Waals surface area contributed by atoms with Crippen LogP contribution in [0.2, 0.25) is 5.02 Å². The molecule has 3 N–H and O–H groups in total. The van der Waals surface area contributed by atoms with Crippen LogP contribution in [0.4, 0.5) is 5.69 Å². The number of amides is 2. The van der Waals surface area contributed by atoms with Crippen LogP contribution in [0.3, 0.4) is 0 Å². The summed E-state index contributed by atoms with van der Waals surface area (Å²) in [5.74, 6) is -1.08. The van der Waals surface area contributed by atoms with Gasteiger partial charge in [-0.3, -0.25) is 9.59 Å². The largest absolute Gasteiger partial charge is 0.466 e. The minimum atomic E-state index is -0.857. The molecule has 1 atom stereocenters. The van der Waals surface area contributed by atoms with Crippen LogP contribution in [0.25, 0.3) is 0 Å². The molecule has 3 rings (SSSR count). The van der Waals surface area contributed by atoms with Crippen LogP contribution in [0.5, 0.6) is 0 Å². The summed E-state index contributed by atoms with van der Waals surface area (Å²) in [6.07, 6.45) is 0.636. The molecule has 1 unspecified atom stereocenters. The van der Waals surface area contributed by atoms with E-state index in [9.17, 15) is 14.7 Å². The number of aliphatic hydroxyl groups is 1. The summed E-state index contributed by atoms with van der Waals surface area (Å²) in [5, 5.41) is 15.8. The topological polar surface area (TPSA) is 91.6 Å². The third kappa shape index (κ3) is 4.77. The molecule has 2 heterocycles. The molecule has 0 aliphatic heterocycles. The zero-order valence-electron chi connectivity index (χ0n) is 14.4. The van der Waals surface area contributed by atoms with Crippen LogP contribution in [-0.2, 0) is 16.1 Å². The third-order valence-electron chi connectivity index (χ3n) is 3.82. The Morgan fingerprint density at radius 2 is 2.04 bits per heavy atom. The number of anilines is 1. The monoisotopic (exact) mass is 404 g/mol. The number of furan rings is 1. The van der Waals surface area contributed by atoms with Crippen molar-refractivity contribution in [3.05, 3.63) is 74.8 Å². The molecule has 0 saturated carbocycles. The molecule has 0 fully saturated rings. The van der Waals surface area contributed by atoms with Crippen molar-refractivity contribution in [2.24, 2.45) is 0 Å². The maximum absolute atomic E-state index is 12.0. The highest BCUT2D eigenvalue weighted by Gasteiger charge is 2.17. The first-order valence-corrected chi connectivity index (χ1v) is 9.29. The summed E-state index contributed by atoms with van der Waals surface area (Å²) in [6.45, 7) is 2.02. The molecule has 2 amide bonds. The normalized spacial score (nSPS) is 11.8. The average Bonchev–Trinajstić information content (AvgIpc) is 3.34. The highest BCUT2D eigenvalue weighted by atomic mass is 35.5. The molecule has 0 saturated heterocycles. The quantitative estimate of drug-likeness (QED) is 0.566. The van der Waals surface area contributed by atoms with Crippen molar-refractivity contribution in [2.75, 3.05) is 5.32 Å². The molecule has 1 aromatic carbocycles. The number of carbonyl (C=O) groups is 2. The number of nitrogens with one attached hydrogen (secondary N) is 2. The van der Waals surface area contributed by atoms with Gasteiger partial charge in [-0.05, 0) is 48.9 Å². The molecule has 140 valence electrons. The Kier molecular flexibility index (Phi) is 5.95. The number of thiophene rings is 1. The molecule has 2 aromatic heterocycles. The lowest BCUT2D eigenvalue weighted by Crippen LogP contribution is -2.34. The summed E-state index contributed by atoms with van der Waals surface area (Å²) >= 11 is 7.33. The number of halogens is 1. The average molecular weight is 405 g/mol. The molecule has 0 aliphatic rings. The minimum absolute atomic E-state index is 0.177. The highest BCUT2D eigenvalue weighted by Crippen LogP contribution is 2.28. The first kappa shape index (κ1) is 19.2. The fourth-order valence-corrected chi connectivity index (χ4v) is 3.46. The molecule has 0 aliphatic carbocycles. The van der Waals surface area contributed by atoms with Gasteiger partial charge in [-0.15, -0.1) is 11.3 Å². The standard InChI is InChI=1S/C19H17ClN2O4S/c1-11-4-5-12(9-14(11)20)22-19(25)18(24)21-10-13-6-7-16(27-13)17(23)15-3-2-8-26-15/h2-9,17,23H,10H2,1H3,(H,21,24)(H,22,25). The number of hydrogen-bond donors (Lipinski definition) is 3. The molecule has 0 spiro atoms. The number of benzene rings is 1. The van der Waals surface area contributed by atoms with E-state index >= 15 is 0 Å². The Morgan fingerprint density at radius 1 is 1.22 bits per heavy atom. The SMILES string of the molecule is Cc1ccc(NC(=O)C(=O)NCc2ccc(C(O)c3ccco3)s2)cc1Cl. The second-order valence-electron chi connectivity index (χ2n) is 5.82. The van der Waals surface area contributed by atoms with E-state index in [2.05, 4.69) is 10.6 Å². The lowest BCUT2D eigenvalue weighted by Gasteiger charge is -2.07. The summed E-state index contributed by atoms with van der Waals surface area (Å²) in [6, 6.07) is 11.9. The van der Waals surface area contributed by atoms with Crippen molar-refractivity contribution >= 4 is 40.4 Å². The van der Waals surface area contributed by atoms with E-state index in [0.29, 0.717) is 21.3 Å². The van der Waals surface area contributed by atoms with E-state index in [1.54, 1.807) is 42.5 Å². The lowest BCUT2D eigenvalue weighted by molar-refractivity contribution is -0.136. The maximum atomic E-state index is 12.0. The highest BCUT2D eigenvalue weighted by molar-refractivity contribution is 7.12. The second kappa shape index (κ2) is 8.39. The van der Waals surface area contributed by atoms with Gasteiger partial charge in [0.15, 0.2) is 0 Å². The van der Waals surface area contributed by atoms with Crippen LogP contribution in [0.15, 0.2) is 53.1 Å². The van der Waals surface area contributed by atoms with E-state index in [-0.39, 0.29) is 6.54 Å². The smallest absolute Gasteiger partial charge is 0.313 e. The number of carbonyl (C=O) groups excluding carboxylic acids is 2. The summed E-state index contributed by atoms with van der Waals surface area (Å²) in [5.41, 5.74) is 1.33. The van der Waals surface area contributed by atoms with Crippen molar-refractivity contribution in [3.8, 4) is 0 Å².